The van der Waals surface area contributed by atoms with Gasteiger partial charge in [-0.1, -0.05) is 23.2 Å². The summed E-state index contributed by atoms with van der Waals surface area (Å²) in [6.07, 6.45) is 2.28. The number of hydrogen-bond acceptors (Lipinski definition) is 6. The largest absolute Gasteiger partial charge is 0.484 e. The first-order chi connectivity index (χ1) is 16.3. The van der Waals surface area contributed by atoms with E-state index >= 15 is 0 Å². The Morgan fingerprint density at radius 2 is 1.68 bits per heavy atom. The van der Waals surface area contributed by atoms with Crippen LogP contribution in [0.4, 0.5) is 8.78 Å². The zero-order chi connectivity index (χ0) is 23.9. The molecule has 178 valence electrons. The molecule has 1 unspecified atom stereocenters. The van der Waals surface area contributed by atoms with E-state index in [2.05, 4.69) is 15.5 Å². The van der Waals surface area contributed by atoms with Crippen molar-refractivity contribution in [3.8, 4) is 11.5 Å². The summed E-state index contributed by atoms with van der Waals surface area (Å²) in [6, 6.07) is 8.16. The highest BCUT2D eigenvalue weighted by molar-refractivity contribution is 6.31. The molecule has 6 rings (SSSR count). The van der Waals surface area contributed by atoms with E-state index in [0.717, 1.165) is 18.9 Å². The normalized spacial score (nSPS) is 22.8. The van der Waals surface area contributed by atoms with E-state index in [4.69, 9.17) is 37.1 Å². The number of ether oxygens (including phenoxy) is 2. The number of carbonyl (C=O) groups is 1. The molecule has 1 amide bonds. The number of halogens is 4. The van der Waals surface area contributed by atoms with Crippen LogP contribution in [0.2, 0.25) is 10.0 Å². The molecule has 2 aromatic carbocycles. The smallest absolute Gasteiger partial charge is 0.258 e. The number of nitrogens with one attached hydrogen (secondary N) is 1. The summed E-state index contributed by atoms with van der Waals surface area (Å²) < 4.78 is 43.7. The van der Waals surface area contributed by atoms with Crippen molar-refractivity contribution < 1.29 is 27.5 Å². The van der Waals surface area contributed by atoms with E-state index < -0.39 is 11.6 Å². The van der Waals surface area contributed by atoms with Gasteiger partial charge in [0, 0.05) is 23.6 Å². The maximum Gasteiger partial charge on any atom is 0.258 e. The fourth-order valence-corrected chi connectivity index (χ4v) is 4.89. The Labute approximate surface area is 203 Å². The predicted molar refractivity (Wildman–Crippen MR) is 118 cm³/mol. The summed E-state index contributed by atoms with van der Waals surface area (Å²) in [7, 11) is 0. The van der Waals surface area contributed by atoms with Crippen LogP contribution in [0.15, 0.2) is 40.8 Å². The molecule has 1 N–H and O–H groups in total. The van der Waals surface area contributed by atoms with Crippen molar-refractivity contribution in [3.63, 3.8) is 0 Å². The highest BCUT2D eigenvalue weighted by Crippen LogP contribution is 2.59. The molecular formula is C23H19Cl2F2N3O4. The Hall–Kier alpha value is -2.91. The van der Waals surface area contributed by atoms with Gasteiger partial charge in [-0.25, -0.2) is 8.78 Å². The molecule has 0 saturated heterocycles. The molecule has 7 nitrogen and oxygen atoms in total. The second-order valence-electron chi connectivity index (χ2n) is 8.57. The van der Waals surface area contributed by atoms with Crippen LogP contribution in [0.5, 0.6) is 11.5 Å². The van der Waals surface area contributed by atoms with Crippen LogP contribution in [0.25, 0.3) is 0 Å². The molecule has 0 aliphatic heterocycles. The molecule has 0 spiro atoms. The maximum absolute atomic E-state index is 13.5. The Kier molecular flexibility index (Phi) is 6.07. The number of carbonyl (C=O) groups excluding carboxylic acids is 1. The van der Waals surface area contributed by atoms with Gasteiger partial charge < -0.3 is 19.2 Å². The van der Waals surface area contributed by atoms with Gasteiger partial charge in [-0.15, -0.1) is 10.2 Å². The molecule has 1 heterocycles. The Bertz CT molecular complexity index is 1230. The van der Waals surface area contributed by atoms with Crippen molar-refractivity contribution in [2.24, 2.45) is 5.92 Å². The molecule has 3 aliphatic carbocycles. The van der Waals surface area contributed by atoms with Gasteiger partial charge in [-0.2, -0.15) is 0 Å². The van der Waals surface area contributed by atoms with Crippen LogP contribution < -0.4 is 14.8 Å². The highest BCUT2D eigenvalue weighted by atomic mass is 35.5. The zero-order valence-corrected chi connectivity index (χ0v) is 19.2. The Morgan fingerprint density at radius 3 is 2.32 bits per heavy atom. The predicted octanol–water partition coefficient (Wildman–Crippen LogP) is 5.06. The third-order valence-corrected chi connectivity index (χ3v) is 6.82. The van der Waals surface area contributed by atoms with E-state index in [1.54, 1.807) is 6.07 Å². The molecule has 1 aromatic heterocycles. The third-order valence-electron chi connectivity index (χ3n) is 6.20. The second-order valence-corrected chi connectivity index (χ2v) is 9.39. The number of nitrogens with zero attached hydrogens (tertiary/aromatic N) is 2. The number of rotatable bonds is 8. The van der Waals surface area contributed by atoms with Crippen molar-refractivity contribution in [1.29, 1.82) is 0 Å². The lowest BCUT2D eigenvalue weighted by molar-refractivity contribution is -0.125. The van der Waals surface area contributed by atoms with E-state index in [-0.39, 0.29) is 52.3 Å². The van der Waals surface area contributed by atoms with Crippen LogP contribution in [-0.2, 0) is 11.4 Å². The first-order valence-electron chi connectivity index (χ1n) is 10.6. The molecule has 11 heteroatoms. The molecule has 0 radical (unpaired) electrons. The second kappa shape index (κ2) is 9.03. The fourth-order valence-electron chi connectivity index (χ4n) is 4.66. The number of benzene rings is 2. The van der Waals surface area contributed by atoms with Gasteiger partial charge in [-0.05, 0) is 49.4 Å². The van der Waals surface area contributed by atoms with E-state index in [9.17, 15) is 13.6 Å². The monoisotopic (exact) mass is 509 g/mol. The molecule has 1 atom stereocenters. The zero-order valence-electron chi connectivity index (χ0n) is 17.7. The number of hydrogen-bond donors (Lipinski definition) is 1. The van der Waals surface area contributed by atoms with Crippen molar-refractivity contribution >= 4 is 29.1 Å². The summed E-state index contributed by atoms with van der Waals surface area (Å²) in [5.74, 6) is 0.180. The highest BCUT2D eigenvalue weighted by Gasteiger charge is 2.58. The summed E-state index contributed by atoms with van der Waals surface area (Å²) in [5.41, 5.74) is -0.340. The lowest BCUT2D eigenvalue weighted by atomic mass is 9.76. The minimum atomic E-state index is -0.608. The Morgan fingerprint density at radius 1 is 1.03 bits per heavy atom. The molecule has 34 heavy (non-hydrogen) atoms. The van der Waals surface area contributed by atoms with Crippen LogP contribution >= 0.6 is 23.2 Å². The van der Waals surface area contributed by atoms with E-state index in [0.29, 0.717) is 24.0 Å². The lowest BCUT2D eigenvalue weighted by Crippen LogP contribution is -2.53. The van der Waals surface area contributed by atoms with Gasteiger partial charge in [0.05, 0.1) is 10.0 Å². The number of aromatic nitrogens is 2. The van der Waals surface area contributed by atoms with Crippen LogP contribution in [0.3, 0.4) is 0 Å². The summed E-state index contributed by atoms with van der Waals surface area (Å²) in [6.45, 7) is -0.235. The minimum Gasteiger partial charge on any atom is -0.484 e. The first kappa shape index (κ1) is 22.9. The molecule has 3 saturated carbocycles. The van der Waals surface area contributed by atoms with Crippen molar-refractivity contribution in [2.75, 3.05) is 6.61 Å². The summed E-state index contributed by atoms with van der Waals surface area (Å²) >= 11 is 11.3. The molecule has 3 fully saturated rings. The SMILES string of the molecule is O=C(COc1ccc(Cl)c(F)c1)NC12CC(C1)C(c1nnc(COc3ccc(Cl)c(F)c3)o1)C2. The molecular weight excluding hydrogens is 491 g/mol. The number of amides is 1. The summed E-state index contributed by atoms with van der Waals surface area (Å²) in [4.78, 5) is 12.4. The van der Waals surface area contributed by atoms with Gasteiger partial charge in [0.1, 0.15) is 23.1 Å². The Balaban J connectivity index is 1.13. The van der Waals surface area contributed by atoms with Crippen molar-refractivity contribution in [2.45, 2.75) is 37.3 Å². The average molecular weight is 510 g/mol. The average Bonchev–Trinajstić information content (AvgIpc) is 3.48. The van der Waals surface area contributed by atoms with Crippen LogP contribution in [-0.4, -0.2) is 28.3 Å². The first-order valence-corrected chi connectivity index (χ1v) is 11.3. The van der Waals surface area contributed by atoms with Crippen LogP contribution in [0.1, 0.15) is 37.0 Å². The van der Waals surface area contributed by atoms with E-state index in [1.165, 1.54) is 24.3 Å². The topological polar surface area (TPSA) is 86.5 Å². The number of fused-ring (bicyclic) bond motifs is 1. The van der Waals surface area contributed by atoms with Crippen LogP contribution in [0, 0.1) is 17.6 Å². The quantitative estimate of drug-likeness (QED) is 0.456. The third kappa shape index (κ3) is 4.67. The van der Waals surface area contributed by atoms with Crippen molar-refractivity contribution in [3.05, 3.63) is 69.9 Å². The van der Waals surface area contributed by atoms with Gasteiger partial charge in [0.2, 0.25) is 5.89 Å². The standard InChI is InChI=1S/C23H19Cl2F2N3O4/c24-16-3-1-13(5-18(16)26)32-10-20(31)28-23-7-12(8-23)15(9-23)22-30-29-21(34-22)11-33-14-2-4-17(25)19(27)6-14/h1-6,12,15H,7-11H2,(H,28,31). The molecule has 3 aromatic rings. The maximum atomic E-state index is 13.5. The molecule has 3 aliphatic rings. The summed E-state index contributed by atoms with van der Waals surface area (Å²) in [5, 5.41) is 11.2. The van der Waals surface area contributed by atoms with E-state index in [1.807, 2.05) is 0 Å². The minimum absolute atomic E-state index is 0.00400. The van der Waals surface area contributed by atoms with Gasteiger partial charge in [0.15, 0.2) is 13.2 Å². The van der Waals surface area contributed by atoms with Gasteiger partial charge in [-0.3, -0.25) is 4.79 Å². The fraction of sp³-hybridized carbons (Fsp3) is 0.348. The lowest BCUT2D eigenvalue weighted by Gasteiger charge is -2.39. The van der Waals surface area contributed by atoms with Crippen molar-refractivity contribution in [1.82, 2.24) is 15.5 Å². The van der Waals surface area contributed by atoms with Gasteiger partial charge in [0.25, 0.3) is 11.8 Å². The van der Waals surface area contributed by atoms with Gasteiger partial charge >= 0.3 is 0 Å². The molecule has 2 bridgehead atoms.